The fraction of sp³-hybridized carbons (Fsp3) is 0.100. The lowest BCUT2D eigenvalue weighted by Gasteiger charge is -2.02. The average Bonchev–Trinajstić information content (AvgIpc) is 2.06. The van der Waals surface area contributed by atoms with Crippen LogP contribution in [0.25, 0.3) is 6.08 Å². The van der Waals surface area contributed by atoms with E-state index in [9.17, 15) is 0 Å². The first-order valence-electron chi connectivity index (χ1n) is 3.47. The molecule has 1 rings (SSSR count). The van der Waals surface area contributed by atoms with Crippen LogP contribution in [0.15, 0.2) is 30.3 Å². The topological polar surface area (TPSA) is 9.23 Å². The molecule has 0 aliphatic carbocycles. The summed E-state index contributed by atoms with van der Waals surface area (Å²) in [4.78, 5) is 0. The summed E-state index contributed by atoms with van der Waals surface area (Å²) in [6.45, 7) is 3.62. The van der Waals surface area contributed by atoms with Crippen molar-refractivity contribution >= 4 is 6.08 Å². The van der Waals surface area contributed by atoms with Crippen LogP contribution in [0.3, 0.4) is 0 Å². The number of hydrogen-bond donors (Lipinski definition) is 0. The highest BCUT2D eigenvalue weighted by atomic mass is 16.5. The van der Waals surface area contributed by atoms with Crippen molar-refractivity contribution in [3.63, 3.8) is 0 Å². The van der Waals surface area contributed by atoms with E-state index in [2.05, 4.69) is 6.92 Å². The number of rotatable bonds is 2. The Kier molecular flexibility index (Phi) is 2.73. The number of allylic oxidation sites excluding steroid dienone is 1. The summed E-state index contributed by atoms with van der Waals surface area (Å²) in [6.07, 6.45) is 3.66. The molecular formula is C10H11O. The molecule has 0 N–H and O–H groups in total. The molecule has 1 aromatic carbocycles. The quantitative estimate of drug-likeness (QED) is 0.624. The van der Waals surface area contributed by atoms with Crippen molar-refractivity contribution in [2.75, 3.05) is 7.11 Å². The third kappa shape index (κ3) is 1.84. The average molecular weight is 147 g/mol. The fourth-order valence-electron chi connectivity index (χ4n) is 0.931. The zero-order chi connectivity index (χ0) is 8.10. The molecule has 0 saturated heterocycles. The zero-order valence-corrected chi connectivity index (χ0v) is 6.58. The summed E-state index contributed by atoms with van der Waals surface area (Å²) in [5, 5.41) is 0. The van der Waals surface area contributed by atoms with Crippen LogP contribution in [0.4, 0.5) is 0 Å². The molecule has 0 amide bonds. The lowest BCUT2D eigenvalue weighted by Crippen LogP contribution is -1.84. The van der Waals surface area contributed by atoms with Crippen molar-refractivity contribution < 1.29 is 4.74 Å². The van der Waals surface area contributed by atoms with Gasteiger partial charge in [0.2, 0.25) is 0 Å². The minimum Gasteiger partial charge on any atom is -0.496 e. The van der Waals surface area contributed by atoms with Gasteiger partial charge in [0.25, 0.3) is 0 Å². The van der Waals surface area contributed by atoms with Crippen LogP contribution in [0, 0.1) is 6.92 Å². The molecule has 0 heterocycles. The summed E-state index contributed by atoms with van der Waals surface area (Å²) in [5.41, 5.74) is 1.06. The first-order chi connectivity index (χ1) is 5.38. The minimum atomic E-state index is 0.882. The van der Waals surface area contributed by atoms with Gasteiger partial charge in [-0.15, -0.1) is 0 Å². The molecule has 1 nitrogen and oxygen atoms in total. The molecule has 11 heavy (non-hydrogen) atoms. The van der Waals surface area contributed by atoms with Crippen LogP contribution < -0.4 is 4.74 Å². The molecule has 1 radical (unpaired) electrons. The summed E-state index contributed by atoms with van der Waals surface area (Å²) < 4.78 is 5.12. The molecule has 0 bridgehead atoms. The Morgan fingerprint density at radius 1 is 1.36 bits per heavy atom. The Morgan fingerprint density at radius 3 is 2.73 bits per heavy atom. The Hall–Kier alpha value is -1.24. The van der Waals surface area contributed by atoms with Crippen LogP contribution in [-0.2, 0) is 0 Å². The van der Waals surface area contributed by atoms with Crippen molar-refractivity contribution in [2.24, 2.45) is 0 Å². The van der Waals surface area contributed by atoms with Crippen LogP contribution in [0.5, 0.6) is 5.75 Å². The minimum absolute atomic E-state index is 0.882. The van der Waals surface area contributed by atoms with Gasteiger partial charge in [-0.1, -0.05) is 30.4 Å². The van der Waals surface area contributed by atoms with Gasteiger partial charge in [0.15, 0.2) is 0 Å². The van der Waals surface area contributed by atoms with Gasteiger partial charge in [0, 0.05) is 5.56 Å². The maximum absolute atomic E-state index is 5.12. The normalized spacial score (nSPS) is 10.4. The smallest absolute Gasteiger partial charge is 0.126 e. The SMILES string of the molecule is [CH2]C=Cc1ccccc1OC. The van der Waals surface area contributed by atoms with Crippen molar-refractivity contribution in [1.82, 2.24) is 0 Å². The first kappa shape index (κ1) is 7.86. The molecule has 1 aromatic rings. The molecule has 0 unspecified atom stereocenters. The molecule has 57 valence electrons. The summed E-state index contributed by atoms with van der Waals surface area (Å²) >= 11 is 0. The van der Waals surface area contributed by atoms with Gasteiger partial charge in [-0.3, -0.25) is 0 Å². The highest BCUT2D eigenvalue weighted by Crippen LogP contribution is 2.18. The molecular weight excluding hydrogens is 136 g/mol. The maximum atomic E-state index is 5.12. The largest absolute Gasteiger partial charge is 0.496 e. The third-order valence-corrected chi connectivity index (χ3v) is 1.44. The van der Waals surface area contributed by atoms with E-state index >= 15 is 0 Å². The van der Waals surface area contributed by atoms with E-state index in [-0.39, 0.29) is 0 Å². The van der Waals surface area contributed by atoms with Gasteiger partial charge < -0.3 is 4.74 Å². The van der Waals surface area contributed by atoms with Crippen LogP contribution in [0.1, 0.15) is 5.56 Å². The maximum Gasteiger partial charge on any atom is 0.126 e. The third-order valence-electron chi connectivity index (χ3n) is 1.44. The Labute approximate surface area is 67.3 Å². The molecule has 0 spiro atoms. The van der Waals surface area contributed by atoms with Gasteiger partial charge in [0.05, 0.1) is 7.11 Å². The fourth-order valence-corrected chi connectivity index (χ4v) is 0.931. The van der Waals surface area contributed by atoms with Crippen LogP contribution in [0.2, 0.25) is 0 Å². The summed E-state index contributed by atoms with van der Waals surface area (Å²) in [5.74, 6) is 0.882. The number of hydrogen-bond acceptors (Lipinski definition) is 1. The van der Waals surface area contributed by atoms with E-state index < -0.39 is 0 Å². The number of methoxy groups -OCH3 is 1. The van der Waals surface area contributed by atoms with Crippen molar-refractivity contribution in [3.8, 4) is 5.75 Å². The second-order valence-corrected chi connectivity index (χ2v) is 2.14. The molecule has 0 aliphatic rings. The van der Waals surface area contributed by atoms with E-state index in [0.717, 1.165) is 11.3 Å². The second kappa shape index (κ2) is 3.81. The van der Waals surface area contributed by atoms with Crippen molar-refractivity contribution in [1.29, 1.82) is 0 Å². The Morgan fingerprint density at radius 2 is 2.09 bits per heavy atom. The summed E-state index contributed by atoms with van der Waals surface area (Å²) in [6, 6.07) is 7.83. The van der Waals surface area contributed by atoms with Gasteiger partial charge in [0.1, 0.15) is 5.75 Å². The van der Waals surface area contributed by atoms with E-state index in [4.69, 9.17) is 4.74 Å². The van der Waals surface area contributed by atoms with Crippen LogP contribution >= 0.6 is 0 Å². The molecule has 0 aliphatic heterocycles. The number of ether oxygens (including phenoxy) is 1. The van der Waals surface area contributed by atoms with Gasteiger partial charge in [-0.25, -0.2) is 0 Å². The van der Waals surface area contributed by atoms with E-state index in [1.54, 1.807) is 13.2 Å². The van der Waals surface area contributed by atoms with E-state index in [0.29, 0.717) is 0 Å². The monoisotopic (exact) mass is 147 g/mol. The highest BCUT2D eigenvalue weighted by Gasteiger charge is 1.94. The molecule has 0 atom stereocenters. The Balaban J connectivity index is 3.02. The standard InChI is InChI=1S/C10H11O/c1-3-6-9-7-4-5-8-10(9)11-2/h3-8H,1H2,2H3. The van der Waals surface area contributed by atoms with E-state index in [1.165, 1.54) is 0 Å². The second-order valence-electron chi connectivity index (χ2n) is 2.14. The number of para-hydroxylation sites is 1. The van der Waals surface area contributed by atoms with Gasteiger partial charge in [-0.2, -0.15) is 0 Å². The molecule has 0 saturated carbocycles. The first-order valence-corrected chi connectivity index (χ1v) is 3.47. The van der Waals surface area contributed by atoms with Gasteiger partial charge >= 0.3 is 0 Å². The summed E-state index contributed by atoms with van der Waals surface area (Å²) in [7, 11) is 1.66. The zero-order valence-electron chi connectivity index (χ0n) is 6.58. The van der Waals surface area contributed by atoms with Crippen molar-refractivity contribution in [2.45, 2.75) is 0 Å². The lowest BCUT2D eigenvalue weighted by molar-refractivity contribution is 0.414. The highest BCUT2D eigenvalue weighted by molar-refractivity contribution is 5.57. The van der Waals surface area contributed by atoms with Gasteiger partial charge in [-0.05, 0) is 13.0 Å². The van der Waals surface area contributed by atoms with Crippen LogP contribution in [-0.4, -0.2) is 7.11 Å². The predicted molar refractivity (Wildman–Crippen MR) is 47.4 cm³/mol. The lowest BCUT2D eigenvalue weighted by atomic mass is 10.2. The predicted octanol–water partition coefficient (Wildman–Crippen LogP) is 2.54. The van der Waals surface area contributed by atoms with Crippen molar-refractivity contribution in [3.05, 3.63) is 42.8 Å². The number of benzene rings is 1. The molecule has 1 heteroatoms. The molecule has 0 aromatic heterocycles. The van der Waals surface area contributed by atoms with E-state index in [1.807, 2.05) is 30.3 Å². The molecule has 0 fully saturated rings. The Bertz CT molecular complexity index is 251.